The molecule has 0 amide bonds. The Morgan fingerprint density at radius 2 is 0.707 bits per heavy atom. The molecular weight excluding hydrogens is 721 g/mol. The van der Waals surface area contributed by atoms with Gasteiger partial charge < -0.3 is 14.2 Å². The Morgan fingerprint density at radius 1 is 0.362 bits per heavy atom. The fourth-order valence-electron chi connectivity index (χ4n) is 6.58. The second-order valence-corrected chi connectivity index (χ2v) is 16.0. The normalized spacial score (nSPS) is 12.5. The van der Waals surface area contributed by atoms with Gasteiger partial charge in [0.1, 0.15) is 13.2 Å². The van der Waals surface area contributed by atoms with E-state index < -0.39 is 6.10 Å². The van der Waals surface area contributed by atoms with Crippen molar-refractivity contribution in [1.29, 1.82) is 0 Å². The first-order chi connectivity index (χ1) is 28.5. The van der Waals surface area contributed by atoms with E-state index in [1.807, 2.05) is 6.08 Å². The molecular formula is C52H90O6. The first-order valence-electron chi connectivity index (χ1n) is 24.3. The highest BCUT2D eigenvalue weighted by Crippen LogP contribution is 2.13. The van der Waals surface area contributed by atoms with Crippen molar-refractivity contribution >= 4 is 17.9 Å². The number of allylic oxidation sites excluding steroid dienone is 10. The van der Waals surface area contributed by atoms with E-state index in [4.69, 9.17) is 14.2 Å². The van der Waals surface area contributed by atoms with E-state index in [2.05, 4.69) is 75.5 Å². The summed E-state index contributed by atoms with van der Waals surface area (Å²) in [4.78, 5) is 37.8. The molecule has 1 unspecified atom stereocenters. The van der Waals surface area contributed by atoms with Crippen LogP contribution < -0.4 is 0 Å². The van der Waals surface area contributed by atoms with Gasteiger partial charge in [0.15, 0.2) is 6.10 Å². The maximum atomic E-state index is 12.7. The summed E-state index contributed by atoms with van der Waals surface area (Å²) in [5, 5.41) is 0. The van der Waals surface area contributed by atoms with Crippen LogP contribution in [0, 0.1) is 0 Å². The van der Waals surface area contributed by atoms with Crippen LogP contribution in [0.1, 0.15) is 233 Å². The fraction of sp³-hybridized carbons (Fsp3) is 0.750. The van der Waals surface area contributed by atoms with Crippen LogP contribution in [-0.2, 0) is 28.6 Å². The minimum Gasteiger partial charge on any atom is -0.462 e. The third kappa shape index (κ3) is 44.2. The highest BCUT2D eigenvalue weighted by atomic mass is 16.6. The van der Waals surface area contributed by atoms with Gasteiger partial charge in [-0.3, -0.25) is 14.4 Å². The number of carbonyl (C=O) groups excluding carboxylic acids is 3. The Kier molecular flexibility index (Phi) is 44.5. The molecule has 6 heteroatoms. The molecule has 58 heavy (non-hydrogen) atoms. The summed E-state index contributed by atoms with van der Waals surface area (Å²) in [5.41, 5.74) is 0. The fourth-order valence-corrected chi connectivity index (χ4v) is 6.58. The number of ether oxygens (including phenoxy) is 3. The van der Waals surface area contributed by atoms with E-state index >= 15 is 0 Å². The molecule has 0 fully saturated rings. The van der Waals surface area contributed by atoms with Crippen molar-refractivity contribution in [2.75, 3.05) is 13.2 Å². The van der Waals surface area contributed by atoms with Crippen LogP contribution in [0.5, 0.6) is 0 Å². The summed E-state index contributed by atoms with van der Waals surface area (Å²) >= 11 is 0. The standard InChI is InChI=1S/C52H90O6/c1-4-7-10-13-16-19-22-25-28-30-33-36-39-42-45-51(54)57-48-49(58-52(55)46-43-40-37-34-31-27-24-21-18-15-12-9-6-3)47-56-50(53)44-41-38-35-32-29-26-23-20-17-14-11-8-5-2/h7,10,16,19,26-27,29,31,37,40,49H,4-6,8-9,11-15,17-18,20-25,28,30,32-36,38-39,41-48H2,1-3H3/b10-7-,19-16-,29-26-,31-27-,40-37-. The van der Waals surface area contributed by atoms with Gasteiger partial charge in [-0.15, -0.1) is 0 Å². The average Bonchev–Trinajstić information content (AvgIpc) is 3.22. The lowest BCUT2D eigenvalue weighted by Gasteiger charge is -2.18. The Hall–Kier alpha value is -2.89. The van der Waals surface area contributed by atoms with Gasteiger partial charge in [0.05, 0.1) is 0 Å². The van der Waals surface area contributed by atoms with Crippen LogP contribution in [0.15, 0.2) is 60.8 Å². The topological polar surface area (TPSA) is 78.9 Å². The molecule has 0 heterocycles. The van der Waals surface area contributed by atoms with Gasteiger partial charge in [0.25, 0.3) is 0 Å². The highest BCUT2D eigenvalue weighted by Gasteiger charge is 2.19. The van der Waals surface area contributed by atoms with Crippen LogP contribution in [0.2, 0.25) is 0 Å². The van der Waals surface area contributed by atoms with Gasteiger partial charge in [-0.2, -0.15) is 0 Å². The predicted molar refractivity (Wildman–Crippen MR) is 247 cm³/mol. The van der Waals surface area contributed by atoms with E-state index in [1.165, 1.54) is 103 Å². The van der Waals surface area contributed by atoms with Crippen LogP contribution in [0.3, 0.4) is 0 Å². The molecule has 0 aromatic rings. The molecule has 0 aliphatic carbocycles. The van der Waals surface area contributed by atoms with Crippen LogP contribution in [0.25, 0.3) is 0 Å². The third-order valence-corrected chi connectivity index (χ3v) is 10.2. The summed E-state index contributed by atoms with van der Waals surface area (Å²) in [6, 6.07) is 0. The van der Waals surface area contributed by atoms with Crippen molar-refractivity contribution in [2.24, 2.45) is 0 Å². The first-order valence-corrected chi connectivity index (χ1v) is 24.3. The van der Waals surface area contributed by atoms with Crippen molar-refractivity contribution < 1.29 is 28.6 Å². The SMILES string of the molecule is CC/C=C\C/C=C\CCCCCCCCCC(=O)OCC(COC(=O)CCCCC/C=C\CCCCCCCC)OC(=O)CC/C=C\C/C=C\CCCCCCCC. The number of rotatable bonds is 43. The summed E-state index contributed by atoms with van der Waals surface area (Å²) in [5.74, 6) is -0.999. The summed E-state index contributed by atoms with van der Waals surface area (Å²) in [6.07, 6.45) is 56.4. The van der Waals surface area contributed by atoms with Gasteiger partial charge in [0.2, 0.25) is 0 Å². The quantitative estimate of drug-likeness (QED) is 0.0264. The van der Waals surface area contributed by atoms with Gasteiger partial charge in [-0.25, -0.2) is 0 Å². The van der Waals surface area contributed by atoms with Crippen molar-refractivity contribution in [3.8, 4) is 0 Å². The van der Waals surface area contributed by atoms with E-state index in [-0.39, 0.29) is 37.5 Å². The smallest absolute Gasteiger partial charge is 0.306 e. The maximum Gasteiger partial charge on any atom is 0.306 e. The molecule has 334 valence electrons. The van der Waals surface area contributed by atoms with Crippen molar-refractivity contribution in [2.45, 2.75) is 239 Å². The van der Waals surface area contributed by atoms with Crippen LogP contribution in [-0.4, -0.2) is 37.2 Å². The summed E-state index contributed by atoms with van der Waals surface area (Å²) in [7, 11) is 0. The Balaban J connectivity index is 4.47. The molecule has 0 aromatic heterocycles. The second kappa shape index (κ2) is 46.8. The number of unbranched alkanes of at least 4 members (excludes halogenated alkanes) is 22. The monoisotopic (exact) mass is 811 g/mol. The number of hydrogen-bond acceptors (Lipinski definition) is 6. The van der Waals surface area contributed by atoms with Gasteiger partial charge in [-0.1, -0.05) is 184 Å². The summed E-state index contributed by atoms with van der Waals surface area (Å²) < 4.78 is 16.7. The zero-order valence-electron chi connectivity index (χ0n) is 38.0. The molecule has 6 nitrogen and oxygen atoms in total. The lowest BCUT2D eigenvalue weighted by atomic mass is 10.1. The molecule has 0 aliphatic heterocycles. The Labute approximate surface area is 358 Å². The predicted octanol–water partition coefficient (Wildman–Crippen LogP) is 15.7. The molecule has 0 spiro atoms. The van der Waals surface area contributed by atoms with Gasteiger partial charge in [-0.05, 0) is 89.9 Å². The van der Waals surface area contributed by atoms with E-state index in [9.17, 15) is 14.4 Å². The van der Waals surface area contributed by atoms with Gasteiger partial charge >= 0.3 is 17.9 Å². The van der Waals surface area contributed by atoms with E-state index in [1.54, 1.807) is 0 Å². The Bertz CT molecular complexity index is 1070. The highest BCUT2D eigenvalue weighted by molar-refractivity contribution is 5.71. The maximum absolute atomic E-state index is 12.7. The average molecular weight is 811 g/mol. The minimum atomic E-state index is -0.811. The number of esters is 3. The largest absolute Gasteiger partial charge is 0.462 e. The molecule has 0 aromatic carbocycles. The summed E-state index contributed by atoms with van der Waals surface area (Å²) in [6.45, 7) is 6.44. The molecule has 0 N–H and O–H groups in total. The van der Waals surface area contributed by atoms with Crippen LogP contribution >= 0.6 is 0 Å². The van der Waals surface area contributed by atoms with E-state index in [0.29, 0.717) is 19.3 Å². The lowest BCUT2D eigenvalue weighted by Crippen LogP contribution is -2.30. The second-order valence-electron chi connectivity index (χ2n) is 16.0. The van der Waals surface area contributed by atoms with Crippen molar-refractivity contribution in [3.05, 3.63) is 60.8 Å². The van der Waals surface area contributed by atoms with Crippen LogP contribution in [0.4, 0.5) is 0 Å². The van der Waals surface area contributed by atoms with Crippen molar-refractivity contribution in [3.63, 3.8) is 0 Å². The van der Waals surface area contributed by atoms with E-state index in [0.717, 1.165) is 83.5 Å². The lowest BCUT2D eigenvalue weighted by molar-refractivity contribution is -0.166. The third-order valence-electron chi connectivity index (χ3n) is 10.2. The molecule has 0 saturated heterocycles. The zero-order valence-corrected chi connectivity index (χ0v) is 38.0. The minimum absolute atomic E-state index is 0.106. The molecule has 0 radical (unpaired) electrons. The van der Waals surface area contributed by atoms with Gasteiger partial charge in [0, 0.05) is 19.3 Å². The number of carbonyl (C=O) groups is 3. The zero-order chi connectivity index (χ0) is 42.3. The Morgan fingerprint density at radius 3 is 1.14 bits per heavy atom. The van der Waals surface area contributed by atoms with Crippen molar-refractivity contribution in [1.82, 2.24) is 0 Å². The molecule has 0 saturated carbocycles. The molecule has 0 aliphatic rings. The molecule has 0 bridgehead atoms. The first kappa shape index (κ1) is 55.1. The molecule has 1 atom stereocenters. The number of hydrogen-bond donors (Lipinski definition) is 0. The molecule has 0 rings (SSSR count).